The first-order valence-electron chi connectivity index (χ1n) is 11.0. The van der Waals surface area contributed by atoms with E-state index in [9.17, 15) is 4.39 Å². The van der Waals surface area contributed by atoms with Gasteiger partial charge in [0.1, 0.15) is 5.82 Å². The van der Waals surface area contributed by atoms with Crippen LogP contribution in [0, 0.1) is 19.7 Å². The van der Waals surface area contributed by atoms with Gasteiger partial charge in [0.15, 0.2) is 5.11 Å². The number of benzene rings is 3. The quantitative estimate of drug-likeness (QED) is 0.350. The highest BCUT2D eigenvalue weighted by Crippen LogP contribution is 2.39. The van der Waals surface area contributed by atoms with Crippen molar-refractivity contribution in [2.75, 3.05) is 4.90 Å². The number of thiocarbonyl (C=S) groups is 1. The topological polar surface area (TPSA) is 54.2 Å². The molecule has 0 bridgehead atoms. The SMILES string of the molecule is CC1=C(c2nc(-c3cccc(F)c3)no2)C(c2ccc(C)cc2)NC(=S)N1c1ccc(C)cc1. The van der Waals surface area contributed by atoms with Crippen molar-refractivity contribution in [3.63, 3.8) is 0 Å². The van der Waals surface area contributed by atoms with E-state index in [0.29, 0.717) is 22.4 Å². The average Bonchev–Trinajstić information content (AvgIpc) is 3.30. The van der Waals surface area contributed by atoms with Gasteiger partial charge in [-0.2, -0.15) is 4.98 Å². The zero-order valence-corrected chi connectivity index (χ0v) is 19.9. The van der Waals surface area contributed by atoms with E-state index < -0.39 is 0 Å². The van der Waals surface area contributed by atoms with Crippen LogP contribution in [0.5, 0.6) is 0 Å². The lowest BCUT2D eigenvalue weighted by atomic mass is 9.94. The summed E-state index contributed by atoms with van der Waals surface area (Å²) in [5.74, 6) is 0.328. The van der Waals surface area contributed by atoms with Crippen LogP contribution in [0.1, 0.15) is 35.5 Å². The highest BCUT2D eigenvalue weighted by atomic mass is 32.1. The number of anilines is 1. The largest absolute Gasteiger partial charge is 0.351 e. The molecule has 1 aliphatic rings. The third kappa shape index (κ3) is 4.10. The highest BCUT2D eigenvalue weighted by molar-refractivity contribution is 7.80. The van der Waals surface area contributed by atoms with Crippen molar-refractivity contribution in [3.05, 3.63) is 107 Å². The monoisotopic (exact) mass is 470 g/mol. The van der Waals surface area contributed by atoms with Crippen LogP contribution in [0.2, 0.25) is 0 Å². The number of allylic oxidation sites excluding steroid dienone is 1. The van der Waals surface area contributed by atoms with Crippen LogP contribution in [0.15, 0.2) is 83.0 Å². The third-order valence-electron chi connectivity index (χ3n) is 5.93. The van der Waals surface area contributed by atoms with Crippen molar-refractivity contribution in [3.8, 4) is 11.4 Å². The fourth-order valence-electron chi connectivity index (χ4n) is 4.11. The second-order valence-electron chi connectivity index (χ2n) is 8.40. The van der Waals surface area contributed by atoms with Crippen LogP contribution in [0.3, 0.4) is 0 Å². The maximum atomic E-state index is 13.8. The predicted molar refractivity (Wildman–Crippen MR) is 136 cm³/mol. The second-order valence-corrected chi connectivity index (χ2v) is 8.78. The summed E-state index contributed by atoms with van der Waals surface area (Å²) in [5.41, 5.74) is 6.53. The molecule has 34 heavy (non-hydrogen) atoms. The van der Waals surface area contributed by atoms with E-state index in [-0.39, 0.29) is 11.9 Å². The minimum Gasteiger partial charge on any atom is -0.351 e. The number of hydrogen-bond donors (Lipinski definition) is 1. The van der Waals surface area contributed by atoms with Crippen molar-refractivity contribution < 1.29 is 8.91 Å². The number of halogens is 1. The molecule has 0 fully saturated rings. The van der Waals surface area contributed by atoms with Crippen LogP contribution < -0.4 is 10.2 Å². The summed E-state index contributed by atoms with van der Waals surface area (Å²) in [6, 6.07) is 22.3. The Morgan fingerprint density at radius 1 is 0.941 bits per heavy atom. The van der Waals surface area contributed by atoms with Gasteiger partial charge in [-0.05, 0) is 62.8 Å². The summed E-state index contributed by atoms with van der Waals surface area (Å²) < 4.78 is 19.5. The van der Waals surface area contributed by atoms with Crippen molar-refractivity contribution in [1.82, 2.24) is 15.5 Å². The van der Waals surface area contributed by atoms with Crippen LogP contribution >= 0.6 is 12.2 Å². The zero-order valence-electron chi connectivity index (χ0n) is 19.0. The Bertz CT molecular complexity index is 1390. The van der Waals surface area contributed by atoms with Gasteiger partial charge in [0.2, 0.25) is 5.82 Å². The molecule has 0 spiro atoms. The fourth-order valence-corrected chi connectivity index (χ4v) is 4.47. The average molecular weight is 471 g/mol. The van der Waals surface area contributed by atoms with Crippen molar-refractivity contribution in [2.24, 2.45) is 0 Å². The van der Waals surface area contributed by atoms with E-state index >= 15 is 0 Å². The molecule has 170 valence electrons. The molecule has 0 saturated carbocycles. The molecule has 3 aromatic carbocycles. The Labute approximate surface area is 202 Å². The van der Waals surface area contributed by atoms with Gasteiger partial charge in [-0.1, -0.05) is 64.8 Å². The van der Waals surface area contributed by atoms with Crippen LogP contribution in [-0.4, -0.2) is 15.3 Å². The summed E-state index contributed by atoms with van der Waals surface area (Å²) in [6.45, 7) is 6.09. The van der Waals surface area contributed by atoms with Gasteiger partial charge in [0.05, 0.1) is 11.6 Å². The number of nitrogens with zero attached hydrogens (tertiary/aromatic N) is 3. The van der Waals surface area contributed by atoms with Gasteiger partial charge in [-0.15, -0.1) is 0 Å². The van der Waals surface area contributed by atoms with Gasteiger partial charge >= 0.3 is 0 Å². The first-order valence-corrected chi connectivity index (χ1v) is 11.4. The summed E-state index contributed by atoms with van der Waals surface area (Å²) >= 11 is 5.79. The first-order chi connectivity index (χ1) is 16.4. The molecule has 0 aliphatic carbocycles. The molecule has 1 atom stereocenters. The number of nitrogens with one attached hydrogen (secondary N) is 1. The van der Waals surface area contributed by atoms with Crippen molar-refractivity contribution >= 4 is 28.6 Å². The molecule has 0 saturated heterocycles. The molecule has 5 rings (SSSR count). The van der Waals surface area contributed by atoms with Crippen molar-refractivity contribution in [1.29, 1.82) is 0 Å². The molecule has 5 nitrogen and oxygen atoms in total. The predicted octanol–water partition coefficient (Wildman–Crippen LogP) is 6.36. The zero-order chi connectivity index (χ0) is 23.8. The van der Waals surface area contributed by atoms with Crippen molar-refractivity contribution in [2.45, 2.75) is 26.8 Å². The van der Waals surface area contributed by atoms with Gasteiger partial charge in [0.25, 0.3) is 5.89 Å². The number of hydrogen-bond acceptors (Lipinski definition) is 4. The molecule has 7 heteroatoms. The van der Waals surface area contributed by atoms with Gasteiger partial charge in [-0.3, -0.25) is 4.90 Å². The lowest BCUT2D eigenvalue weighted by molar-refractivity contribution is 0.404. The van der Waals surface area contributed by atoms with E-state index in [1.807, 2.05) is 49.9 Å². The smallest absolute Gasteiger partial charge is 0.258 e. The first kappa shape index (κ1) is 22.0. The summed E-state index contributed by atoms with van der Waals surface area (Å²) in [7, 11) is 0. The summed E-state index contributed by atoms with van der Waals surface area (Å²) in [5, 5.41) is 8.19. The number of rotatable bonds is 4. The maximum absolute atomic E-state index is 13.8. The molecule has 1 aromatic heterocycles. The molecular formula is C27H23FN4OS. The van der Waals surface area contributed by atoms with E-state index in [4.69, 9.17) is 16.7 Å². The molecule has 2 heterocycles. The van der Waals surface area contributed by atoms with Gasteiger partial charge in [-0.25, -0.2) is 4.39 Å². The molecule has 0 amide bonds. The summed E-state index contributed by atoms with van der Waals surface area (Å²) in [6.07, 6.45) is 0. The van der Waals surface area contributed by atoms with E-state index in [2.05, 4.69) is 39.7 Å². The lowest BCUT2D eigenvalue weighted by Gasteiger charge is -2.37. The molecular weight excluding hydrogens is 447 g/mol. The van der Waals surface area contributed by atoms with Crippen LogP contribution in [0.25, 0.3) is 17.0 Å². The second kappa shape index (κ2) is 8.83. The number of aryl methyl sites for hydroxylation is 2. The normalized spacial score (nSPS) is 16.1. The van der Waals surface area contributed by atoms with Gasteiger partial charge in [0, 0.05) is 16.9 Å². The lowest BCUT2D eigenvalue weighted by Crippen LogP contribution is -2.46. The molecule has 0 radical (unpaired) electrons. The Morgan fingerprint density at radius 3 is 2.29 bits per heavy atom. The van der Waals surface area contributed by atoms with E-state index in [1.54, 1.807) is 12.1 Å². The maximum Gasteiger partial charge on any atom is 0.258 e. The molecule has 1 unspecified atom stereocenters. The molecule has 1 aliphatic heterocycles. The van der Waals surface area contributed by atoms with Crippen LogP contribution in [-0.2, 0) is 0 Å². The van der Waals surface area contributed by atoms with E-state index in [0.717, 1.165) is 33.6 Å². The Balaban J connectivity index is 1.65. The Kier molecular flexibility index (Phi) is 5.71. The minimum absolute atomic E-state index is 0.282. The third-order valence-corrected chi connectivity index (χ3v) is 6.23. The Hall–Kier alpha value is -3.84. The highest BCUT2D eigenvalue weighted by Gasteiger charge is 2.34. The minimum atomic E-state index is -0.355. The van der Waals surface area contributed by atoms with Gasteiger partial charge < -0.3 is 9.84 Å². The van der Waals surface area contributed by atoms with E-state index in [1.165, 1.54) is 12.1 Å². The standard InChI is InChI=1S/C27H23FN4OS/c1-16-7-11-19(12-8-16)24-23(26-30-25(31-33-26)20-5-4-6-21(28)15-20)18(3)32(27(34)29-24)22-13-9-17(2)10-14-22/h4-15,24H,1-3H3,(H,29,34). The molecule has 4 aromatic rings. The molecule has 1 N–H and O–H groups in total. The summed E-state index contributed by atoms with van der Waals surface area (Å²) in [4.78, 5) is 6.62. The van der Waals surface area contributed by atoms with Crippen LogP contribution in [0.4, 0.5) is 10.1 Å². The fraction of sp³-hybridized carbons (Fsp3) is 0.148. The Morgan fingerprint density at radius 2 is 1.62 bits per heavy atom. The number of aromatic nitrogens is 2.